The lowest BCUT2D eigenvalue weighted by Gasteiger charge is -2.30. The van der Waals surface area contributed by atoms with Crippen LogP contribution < -0.4 is 14.8 Å². The first kappa shape index (κ1) is 21.2. The molecule has 1 aliphatic heterocycles. The van der Waals surface area contributed by atoms with E-state index in [1.54, 1.807) is 49.5 Å². The highest BCUT2D eigenvalue weighted by molar-refractivity contribution is 5.95. The van der Waals surface area contributed by atoms with Crippen LogP contribution in [0.5, 0.6) is 17.2 Å². The highest BCUT2D eigenvalue weighted by atomic mass is 16.5. The predicted molar refractivity (Wildman–Crippen MR) is 115 cm³/mol. The molecular weight excluding hydrogens is 384 g/mol. The van der Waals surface area contributed by atoms with Crippen LogP contribution in [0.2, 0.25) is 0 Å². The van der Waals surface area contributed by atoms with Gasteiger partial charge in [0.25, 0.3) is 0 Å². The van der Waals surface area contributed by atoms with Crippen LogP contribution in [0.1, 0.15) is 18.4 Å². The number of nitrogens with one attached hydrogen (secondary N) is 1. The second kappa shape index (κ2) is 9.82. The highest BCUT2D eigenvalue weighted by Gasteiger charge is 2.27. The lowest BCUT2D eigenvalue weighted by molar-refractivity contribution is -0.130. The van der Waals surface area contributed by atoms with Gasteiger partial charge in [-0.15, -0.1) is 0 Å². The van der Waals surface area contributed by atoms with Gasteiger partial charge in [0.2, 0.25) is 11.8 Å². The summed E-state index contributed by atoms with van der Waals surface area (Å²) in [6.07, 6.45) is 4.40. The average Bonchev–Trinajstić information content (AvgIpc) is 2.78. The van der Waals surface area contributed by atoms with E-state index in [0.717, 1.165) is 5.56 Å². The molecule has 0 spiro atoms. The van der Waals surface area contributed by atoms with Gasteiger partial charge in [0.15, 0.2) is 0 Å². The number of hydrogen-bond acceptors (Lipinski definition) is 5. The number of rotatable bonds is 6. The predicted octanol–water partition coefficient (Wildman–Crippen LogP) is 3.30. The maximum atomic E-state index is 12.5. The van der Waals surface area contributed by atoms with Gasteiger partial charge >= 0.3 is 0 Å². The molecule has 0 aliphatic carbocycles. The summed E-state index contributed by atoms with van der Waals surface area (Å²) in [6.45, 7) is 1.01. The van der Waals surface area contributed by atoms with E-state index >= 15 is 0 Å². The number of ether oxygens (including phenoxy) is 2. The van der Waals surface area contributed by atoms with Gasteiger partial charge in [0, 0.05) is 31.1 Å². The number of hydrogen-bond donors (Lipinski definition) is 2. The van der Waals surface area contributed by atoms with Crippen molar-refractivity contribution in [3.63, 3.8) is 0 Å². The summed E-state index contributed by atoms with van der Waals surface area (Å²) in [4.78, 5) is 26.7. The number of phenols is 1. The summed E-state index contributed by atoms with van der Waals surface area (Å²) in [5.74, 6) is 0.910. The minimum Gasteiger partial charge on any atom is -0.506 e. The molecule has 2 N–H and O–H groups in total. The molecule has 2 aromatic carbocycles. The zero-order valence-electron chi connectivity index (χ0n) is 17.1. The fraction of sp³-hybridized carbons (Fsp3) is 0.304. The molecule has 1 saturated heterocycles. The van der Waals surface area contributed by atoms with Crippen molar-refractivity contribution in [3.8, 4) is 17.2 Å². The number of likely N-dealkylation sites (tertiary alicyclic amines) is 1. The number of methoxy groups -OCH3 is 2. The molecule has 3 rings (SSSR count). The van der Waals surface area contributed by atoms with Crippen molar-refractivity contribution in [1.82, 2.24) is 4.90 Å². The summed E-state index contributed by atoms with van der Waals surface area (Å²) in [5, 5.41) is 12.6. The molecule has 2 amide bonds. The number of anilines is 1. The van der Waals surface area contributed by atoms with Crippen molar-refractivity contribution in [2.75, 3.05) is 32.6 Å². The number of amides is 2. The minimum absolute atomic E-state index is 0.0396. The minimum atomic E-state index is -0.194. The maximum Gasteiger partial charge on any atom is 0.246 e. The summed E-state index contributed by atoms with van der Waals surface area (Å²) < 4.78 is 10.5. The normalized spacial score (nSPS) is 14.5. The Morgan fingerprint density at radius 2 is 1.70 bits per heavy atom. The van der Waals surface area contributed by atoms with Crippen LogP contribution in [0.3, 0.4) is 0 Å². The maximum absolute atomic E-state index is 12.5. The van der Waals surface area contributed by atoms with Crippen molar-refractivity contribution in [3.05, 3.63) is 54.1 Å². The Hall–Kier alpha value is -3.48. The summed E-state index contributed by atoms with van der Waals surface area (Å²) in [5.41, 5.74) is 1.20. The molecule has 1 aliphatic rings. The topological polar surface area (TPSA) is 88.1 Å². The summed E-state index contributed by atoms with van der Waals surface area (Å²) in [6, 6.07) is 12.0. The molecule has 0 unspecified atom stereocenters. The summed E-state index contributed by atoms with van der Waals surface area (Å²) in [7, 11) is 3.15. The average molecular weight is 410 g/mol. The lowest BCUT2D eigenvalue weighted by atomic mass is 9.95. The molecule has 1 heterocycles. The Morgan fingerprint density at radius 3 is 2.30 bits per heavy atom. The van der Waals surface area contributed by atoms with Gasteiger partial charge in [-0.2, -0.15) is 0 Å². The molecule has 7 heteroatoms. The Bertz CT molecular complexity index is 911. The van der Waals surface area contributed by atoms with E-state index in [-0.39, 0.29) is 23.5 Å². The van der Waals surface area contributed by atoms with Crippen LogP contribution in [-0.4, -0.2) is 49.1 Å². The van der Waals surface area contributed by atoms with Crippen LogP contribution in [0.15, 0.2) is 48.5 Å². The summed E-state index contributed by atoms with van der Waals surface area (Å²) >= 11 is 0. The zero-order chi connectivity index (χ0) is 21.5. The first-order valence-electron chi connectivity index (χ1n) is 9.79. The number of nitrogens with zero attached hydrogens (tertiary/aromatic N) is 1. The third-order valence-electron chi connectivity index (χ3n) is 5.13. The Balaban J connectivity index is 1.54. The van der Waals surface area contributed by atoms with Crippen molar-refractivity contribution in [2.45, 2.75) is 12.8 Å². The van der Waals surface area contributed by atoms with Crippen LogP contribution in [-0.2, 0) is 9.59 Å². The zero-order valence-corrected chi connectivity index (χ0v) is 17.1. The quantitative estimate of drug-likeness (QED) is 0.564. The molecule has 0 radical (unpaired) electrons. The van der Waals surface area contributed by atoms with E-state index < -0.39 is 0 Å². The van der Waals surface area contributed by atoms with Crippen LogP contribution in [0, 0.1) is 5.92 Å². The standard InChI is InChI=1S/C23H26N2O5/c1-29-18-13-16(14-19(15-18)30-2)7-8-22(27)25-11-9-17(10-12-25)23(28)24-20-5-3-4-6-21(20)26/h3-8,13-15,17,26H,9-12H2,1-2H3,(H,24,28)/b8-7+. The van der Waals surface area contributed by atoms with Crippen molar-refractivity contribution in [1.29, 1.82) is 0 Å². The van der Waals surface area contributed by atoms with E-state index in [4.69, 9.17) is 9.47 Å². The lowest BCUT2D eigenvalue weighted by Crippen LogP contribution is -2.40. The van der Waals surface area contributed by atoms with Gasteiger partial charge in [-0.3, -0.25) is 9.59 Å². The SMILES string of the molecule is COc1cc(/C=C/C(=O)N2CCC(C(=O)Nc3ccccc3O)CC2)cc(OC)c1. The smallest absolute Gasteiger partial charge is 0.246 e. The second-order valence-corrected chi connectivity index (χ2v) is 7.09. The fourth-order valence-electron chi connectivity index (χ4n) is 3.37. The monoisotopic (exact) mass is 410 g/mol. The van der Waals surface area contributed by atoms with Crippen LogP contribution >= 0.6 is 0 Å². The molecule has 158 valence electrons. The Morgan fingerprint density at radius 1 is 1.07 bits per heavy atom. The molecular formula is C23H26N2O5. The van der Waals surface area contributed by atoms with Gasteiger partial charge in [0.1, 0.15) is 17.2 Å². The van der Waals surface area contributed by atoms with E-state index in [0.29, 0.717) is 43.1 Å². The number of piperidine rings is 1. The molecule has 0 aromatic heterocycles. The van der Waals surface area contributed by atoms with Crippen LogP contribution in [0.25, 0.3) is 6.08 Å². The van der Waals surface area contributed by atoms with Crippen LogP contribution in [0.4, 0.5) is 5.69 Å². The van der Waals surface area contributed by atoms with Crippen molar-refractivity contribution in [2.24, 2.45) is 5.92 Å². The molecule has 7 nitrogen and oxygen atoms in total. The van der Waals surface area contributed by atoms with E-state index in [1.165, 1.54) is 12.1 Å². The number of benzene rings is 2. The number of aromatic hydroxyl groups is 1. The van der Waals surface area contributed by atoms with Gasteiger partial charge in [0.05, 0.1) is 19.9 Å². The largest absolute Gasteiger partial charge is 0.506 e. The second-order valence-electron chi connectivity index (χ2n) is 7.09. The fourth-order valence-corrected chi connectivity index (χ4v) is 3.37. The number of para-hydroxylation sites is 2. The van der Waals surface area contributed by atoms with Crippen molar-refractivity contribution < 1.29 is 24.2 Å². The number of carbonyl (C=O) groups excluding carboxylic acids is 2. The number of phenolic OH excluding ortho intramolecular Hbond substituents is 1. The molecule has 0 atom stereocenters. The highest BCUT2D eigenvalue weighted by Crippen LogP contribution is 2.26. The molecule has 30 heavy (non-hydrogen) atoms. The van der Waals surface area contributed by atoms with Gasteiger partial charge in [-0.1, -0.05) is 12.1 Å². The van der Waals surface area contributed by atoms with E-state index in [9.17, 15) is 14.7 Å². The molecule has 0 bridgehead atoms. The van der Waals surface area contributed by atoms with Gasteiger partial charge in [-0.05, 0) is 48.7 Å². The first-order valence-corrected chi connectivity index (χ1v) is 9.79. The molecule has 2 aromatic rings. The Kier molecular flexibility index (Phi) is 6.95. The third-order valence-corrected chi connectivity index (χ3v) is 5.13. The van der Waals surface area contributed by atoms with Gasteiger partial charge in [-0.25, -0.2) is 0 Å². The Labute approximate surface area is 175 Å². The van der Waals surface area contributed by atoms with E-state index in [1.807, 2.05) is 12.1 Å². The molecule has 1 fully saturated rings. The van der Waals surface area contributed by atoms with Gasteiger partial charge < -0.3 is 24.8 Å². The van der Waals surface area contributed by atoms with Crippen molar-refractivity contribution >= 4 is 23.6 Å². The molecule has 0 saturated carbocycles. The third kappa shape index (κ3) is 5.31. The number of carbonyl (C=O) groups is 2. The van der Waals surface area contributed by atoms with E-state index in [2.05, 4.69) is 5.32 Å². The first-order chi connectivity index (χ1) is 14.5.